The Morgan fingerprint density at radius 3 is 2.62 bits per heavy atom. The van der Waals surface area contributed by atoms with Gasteiger partial charge in [0.1, 0.15) is 5.82 Å². The highest BCUT2D eigenvalue weighted by Crippen LogP contribution is 2.15. The van der Waals surface area contributed by atoms with Gasteiger partial charge in [0.05, 0.1) is 0 Å². The highest BCUT2D eigenvalue weighted by molar-refractivity contribution is 5.55. The molecule has 7 nitrogen and oxygen atoms in total. The van der Waals surface area contributed by atoms with E-state index < -0.39 is 16.9 Å². The molecule has 16 heavy (non-hydrogen) atoms. The average Bonchev–Trinajstić information content (AvgIpc) is 2.24. The standard InChI is InChI=1S/C9H14N4O3/c1-3-5(2)4-13-7(10)6(12-16)8(14)11-9(13)15/h5H,3-4,10H2,1-2H3,(H,11,14,15). The maximum Gasteiger partial charge on any atom is 0.330 e. The van der Waals surface area contributed by atoms with Gasteiger partial charge in [0.25, 0.3) is 5.56 Å². The maximum absolute atomic E-state index is 11.5. The molecule has 3 N–H and O–H groups in total. The number of H-pyrrole nitrogens is 1. The summed E-state index contributed by atoms with van der Waals surface area (Å²) in [5.41, 5.74) is 3.64. The quantitative estimate of drug-likeness (QED) is 0.731. The second-order valence-corrected chi connectivity index (χ2v) is 3.71. The Kier molecular flexibility index (Phi) is 3.60. The molecule has 0 spiro atoms. The number of nitrogen functional groups attached to an aromatic ring is 1. The third-order valence-corrected chi connectivity index (χ3v) is 2.50. The molecule has 0 bridgehead atoms. The molecule has 7 heteroatoms. The maximum atomic E-state index is 11.5. The van der Waals surface area contributed by atoms with Crippen molar-refractivity contribution in [1.82, 2.24) is 9.55 Å². The summed E-state index contributed by atoms with van der Waals surface area (Å²) >= 11 is 0. The van der Waals surface area contributed by atoms with Gasteiger partial charge in [-0.25, -0.2) is 4.79 Å². The van der Waals surface area contributed by atoms with Crippen LogP contribution in [0.3, 0.4) is 0 Å². The number of nitrogens with one attached hydrogen (secondary N) is 1. The van der Waals surface area contributed by atoms with Crippen LogP contribution in [0, 0.1) is 10.8 Å². The smallest absolute Gasteiger partial charge is 0.330 e. The minimum Gasteiger partial charge on any atom is -0.383 e. The second kappa shape index (κ2) is 4.73. The van der Waals surface area contributed by atoms with E-state index in [1.54, 1.807) is 0 Å². The van der Waals surface area contributed by atoms with Crippen molar-refractivity contribution in [3.8, 4) is 0 Å². The molecule has 1 heterocycles. The molecule has 1 unspecified atom stereocenters. The SMILES string of the molecule is CCC(C)Cn1c(N)c(N=O)c(=O)[nH]c1=O. The molecule has 1 aromatic heterocycles. The van der Waals surface area contributed by atoms with Crippen LogP contribution in [0.4, 0.5) is 11.5 Å². The number of nitrogens with zero attached hydrogens (tertiary/aromatic N) is 2. The zero-order chi connectivity index (χ0) is 12.3. The van der Waals surface area contributed by atoms with Crippen molar-refractivity contribution in [2.24, 2.45) is 11.1 Å². The molecular formula is C9H14N4O3. The van der Waals surface area contributed by atoms with Crippen molar-refractivity contribution in [2.45, 2.75) is 26.8 Å². The van der Waals surface area contributed by atoms with Gasteiger partial charge in [-0.1, -0.05) is 20.3 Å². The first kappa shape index (κ1) is 12.2. The van der Waals surface area contributed by atoms with Crippen LogP contribution in [0.2, 0.25) is 0 Å². The van der Waals surface area contributed by atoms with E-state index in [9.17, 15) is 14.5 Å². The van der Waals surface area contributed by atoms with E-state index in [1.807, 2.05) is 18.8 Å². The Morgan fingerprint density at radius 2 is 2.12 bits per heavy atom. The number of anilines is 1. The van der Waals surface area contributed by atoms with Crippen LogP contribution >= 0.6 is 0 Å². The predicted molar refractivity (Wildman–Crippen MR) is 60.6 cm³/mol. The van der Waals surface area contributed by atoms with Crippen molar-refractivity contribution in [2.75, 3.05) is 5.73 Å². The lowest BCUT2D eigenvalue weighted by molar-refractivity contribution is 0.458. The molecule has 0 aliphatic carbocycles. The number of hydrogen-bond donors (Lipinski definition) is 2. The normalized spacial score (nSPS) is 12.4. The Hall–Kier alpha value is -1.92. The van der Waals surface area contributed by atoms with Crippen LogP contribution in [0.1, 0.15) is 20.3 Å². The van der Waals surface area contributed by atoms with Crippen LogP contribution in [0.5, 0.6) is 0 Å². The first-order valence-corrected chi connectivity index (χ1v) is 4.97. The Balaban J connectivity index is 3.34. The molecule has 0 radical (unpaired) electrons. The minimum atomic E-state index is -0.849. The van der Waals surface area contributed by atoms with Crippen LogP contribution in [-0.2, 0) is 6.54 Å². The van der Waals surface area contributed by atoms with Crippen LogP contribution in [0.25, 0.3) is 0 Å². The molecule has 0 saturated heterocycles. The lowest BCUT2D eigenvalue weighted by Crippen LogP contribution is -2.33. The zero-order valence-electron chi connectivity index (χ0n) is 9.19. The van der Waals surface area contributed by atoms with E-state index in [-0.39, 0.29) is 11.7 Å². The minimum absolute atomic E-state index is 0.177. The van der Waals surface area contributed by atoms with E-state index in [1.165, 1.54) is 0 Å². The molecule has 1 aromatic rings. The third-order valence-electron chi connectivity index (χ3n) is 2.50. The van der Waals surface area contributed by atoms with Crippen LogP contribution in [0.15, 0.2) is 14.8 Å². The summed E-state index contributed by atoms with van der Waals surface area (Å²) in [7, 11) is 0. The van der Waals surface area contributed by atoms with Gasteiger partial charge in [0.15, 0.2) is 0 Å². The lowest BCUT2D eigenvalue weighted by Gasteiger charge is -2.13. The molecule has 0 amide bonds. The molecule has 88 valence electrons. The molecule has 0 aromatic carbocycles. The Labute approximate surface area is 91.3 Å². The van der Waals surface area contributed by atoms with Gasteiger partial charge in [-0.15, -0.1) is 4.91 Å². The third kappa shape index (κ3) is 2.18. The number of aromatic nitrogens is 2. The van der Waals surface area contributed by atoms with E-state index >= 15 is 0 Å². The fourth-order valence-electron chi connectivity index (χ4n) is 1.29. The van der Waals surface area contributed by atoms with Crippen molar-refractivity contribution < 1.29 is 0 Å². The molecule has 1 atom stereocenters. The summed E-state index contributed by atoms with van der Waals surface area (Å²) in [6.45, 7) is 4.25. The van der Waals surface area contributed by atoms with Crippen molar-refractivity contribution in [3.05, 3.63) is 25.7 Å². The van der Waals surface area contributed by atoms with Gasteiger partial charge in [-0.05, 0) is 11.1 Å². The summed E-state index contributed by atoms with van der Waals surface area (Å²) < 4.78 is 1.16. The summed E-state index contributed by atoms with van der Waals surface area (Å²) in [6.07, 6.45) is 0.856. The van der Waals surface area contributed by atoms with Gasteiger partial charge in [0, 0.05) is 6.54 Å². The lowest BCUT2D eigenvalue weighted by atomic mass is 10.1. The van der Waals surface area contributed by atoms with Crippen molar-refractivity contribution in [3.63, 3.8) is 0 Å². The Morgan fingerprint density at radius 1 is 1.50 bits per heavy atom. The highest BCUT2D eigenvalue weighted by atomic mass is 16.3. The molecule has 1 rings (SSSR count). The molecule has 0 saturated carbocycles. The number of hydrogen-bond acceptors (Lipinski definition) is 5. The predicted octanol–water partition coefficient (Wildman–Crippen LogP) is 0.563. The molecule has 0 aliphatic heterocycles. The summed E-state index contributed by atoms with van der Waals surface area (Å²) in [4.78, 5) is 35.0. The topological polar surface area (TPSA) is 110 Å². The Bertz CT molecular complexity index is 502. The van der Waals surface area contributed by atoms with Gasteiger partial charge in [-0.3, -0.25) is 14.3 Å². The summed E-state index contributed by atoms with van der Waals surface area (Å²) in [5.74, 6) is 0.0365. The van der Waals surface area contributed by atoms with E-state index in [2.05, 4.69) is 5.18 Å². The van der Waals surface area contributed by atoms with Gasteiger partial charge in [-0.2, -0.15) is 0 Å². The van der Waals surface area contributed by atoms with E-state index in [0.717, 1.165) is 11.0 Å². The summed E-state index contributed by atoms with van der Waals surface area (Å²) in [6, 6.07) is 0. The average molecular weight is 226 g/mol. The number of rotatable bonds is 4. The zero-order valence-corrected chi connectivity index (χ0v) is 9.19. The van der Waals surface area contributed by atoms with Gasteiger partial charge in [0.2, 0.25) is 5.69 Å². The van der Waals surface area contributed by atoms with Gasteiger partial charge < -0.3 is 5.73 Å². The molecular weight excluding hydrogens is 212 g/mol. The van der Waals surface area contributed by atoms with Gasteiger partial charge >= 0.3 is 5.69 Å². The van der Waals surface area contributed by atoms with Crippen molar-refractivity contribution >= 4 is 11.5 Å². The fourth-order valence-corrected chi connectivity index (χ4v) is 1.29. The molecule has 0 fully saturated rings. The van der Waals surface area contributed by atoms with Crippen molar-refractivity contribution in [1.29, 1.82) is 0 Å². The second-order valence-electron chi connectivity index (χ2n) is 3.71. The first-order chi connectivity index (χ1) is 7.51. The number of nitrogens with two attached hydrogens (primary N) is 1. The van der Waals surface area contributed by atoms with Crippen LogP contribution in [-0.4, -0.2) is 9.55 Å². The summed E-state index contributed by atoms with van der Waals surface area (Å²) in [5, 5.41) is 2.53. The number of nitroso groups, excluding NO2 is 1. The van der Waals surface area contributed by atoms with Crippen LogP contribution < -0.4 is 17.0 Å². The first-order valence-electron chi connectivity index (χ1n) is 4.97. The molecule has 0 aliphatic rings. The largest absolute Gasteiger partial charge is 0.383 e. The van der Waals surface area contributed by atoms with E-state index in [4.69, 9.17) is 5.73 Å². The highest BCUT2D eigenvalue weighted by Gasteiger charge is 2.14. The number of aromatic amines is 1. The monoisotopic (exact) mass is 226 g/mol. The fraction of sp³-hybridized carbons (Fsp3) is 0.556. The van der Waals surface area contributed by atoms with E-state index in [0.29, 0.717) is 6.54 Å².